The van der Waals surface area contributed by atoms with Crippen molar-refractivity contribution in [2.24, 2.45) is 5.92 Å². The summed E-state index contributed by atoms with van der Waals surface area (Å²) in [7, 11) is 3.50. The Morgan fingerprint density at radius 2 is 1.97 bits per heavy atom. The maximum absolute atomic E-state index is 5.73. The number of hydrogen-bond donors (Lipinski definition) is 0. The third kappa shape index (κ3) is 4.28. The molecule has 0 unspecified atom stereocenters. The molecule has 1 saturated carbocycles. The van der Waals surface area contributed by atoms with E-state index in [-0.39, 0.29) is 0 Å². The van der Waals surface area contributed by atoms with Crippen LogP contribution in [-0.2, 0) is 17.8 Å². The Bertz CT molecular complexity index is 1040. The van der Waals surface area contributed by atoms with Crippen molar-refractivity contribution in [3.05, 3.63) is 30.3 Å². The van der Waals surface area contributed by atoms with Crippen LogP contribution in [0.2, 0.25) is 0 Å². The molecule has 3 heterocycles. The fraction of sp³-hybridized carbons (Fsp3) is 0.600. The molecule has 1 aliphatic carbocycles. The van der Waals surface area contributed by atoms with Gasteiger partial charge in [-0.2, -0.15) is 4.98 Å². The number of para-hydroxylation sites is 1. The van der Waals surface area contributed by atoms with Gasteiger partial charge in [0.1, 0.15) is 5.75 Å². The van der Waals surface area contributed by atoms with Crippen molar-refractivity contribution in [2.45, 2.75) is 64.1 Å². The largest absolute Gasteiger partial charge is 0.495 e. The van der Waals surface area contributed by atoms with Crippen molar-refractivity contribution in [1.29, 1.82) is 0 Å². The van der Waals surface area contributed by atoms with Crippen LogP contribution in [0.4, 0.5) is 0 Å². The molecule has 1 atom stereocenters. The summed E-state index contributed by atoms with van der Waals surface area (Å²) in [4.78, 5) is 7.18. The van der Waals surface area contributed by atoms with Gasteiger partial charge in [-0.1, -0.05) is 36.6 Å². The van der Waals surface area contributed by atoms with Gasteiger partial charge in [0.05, 0.1) is 25.8 Å². The maximum atomic E-state index is 5.73. The predicted octanol–water partition coefficient (Wildman–Crippen LogP) is 4.89. The van der Waals surface area contributed by atoms with Gasteiger partial charge in [-0.15, -0.1) is 0 Å². The highest BCUT2D eigenvalue weighted by molar-refractivity contribution is 5.97. The Morgan fingerprint density at radius 1 is 1.09 bits per heavy atom. The first-order valence-electron chi connectivity index (χ1n) is 12.0. The Balaban J connectivity index is 1.44. The zero-order chi connectivity index (χ0) is 21.9. The molecule has 0 spiro atoms. The van der Waals surface area contributed by atoms with E-state index in [4.69, 9.17) is 19.0 Å². The number of likely N-dealkylation sites (tertiary alicyclic amines) is 1. The van der Waals surface area contributed by atoms with Crippen molar-refractivity contribution in [1.82, 2.24) is 19.6 Å². The third-order valence-corrected chi connectivity index (χ3v) is 7.17. The molecule has 32 heavy (non-hydrogen) atoms. The summed E-state index contributed by atoms with van der Waals surface area (Å²) in [6.07, 6.45) is 11.2. The molecular weight excluding hydrogens is 404 g/mol. The summed E-state index contributed by atoms with van der Waals surface area (Å²) >= 11 is 0. The average Bonchev–Trinajstić information content (AvgIpc) is 3.55. The van der Waals surface area contributed by atoms with E-state index in [0.717, 1.165) is 48.3 Å². The van der Waals surface area contributed by atoms with Gasteiger partial charge < -0.3 is 18.6 Å². The first-order valence-corrected chi connectivity index (χ1v) is 12.0. The highest BCUT2D eigenvalue weighted by Crippen LogP contribution is 2.36. The van der Waals surface area contributed by atoms with Crippen LogP contribution in [0.1, 0.15) is 50.8 Å². The fourth-order valence-corrected chi connectivity index (χ4v) is 5.55. The lowest BCUT2D eigenvalue weighted by molar-refractivity contribution is 0.105. The molecule has 5 rings (SSSR count). The van der Waals surface area contributed by atoms with Gasteiger partial charge in [0.25, 0.3) is 0 Å². The second-order valence-electron chi connectivity index (χ2n) is 9.29. The summed E-state index contributed by atoms with van der Waals surface area (Å²) in [6, 6.07) is 6.64. The average molecular weight is 439 g/mol. The topological polar surface area (TPSA) is 65.5 Å². The molecule has 1 aromatic carbocycles. The van der Waals surface area contributed by atoms with Crippen molar-refractivity contribution < 1.29 is 14.0 Å². The first-order chi connectivity index (χ1) is 15.8. The molecular formula is C25H34N4O3. The van der Waals surface area contributed by atoms with Crippen molar-refractivity contribution in [2.75, 3.05) is 27.4 Å². The number of methoxy groups -OCH3 is 2. The summed E-state index contributed by atoms with van der Waals surface area (Å²) in [5.74, 6) is 2.93. The first kappa shape index (κ1) is 21.5. The highest BCUT2D eigenvalue weighted by Gasteiger charge is 2.27. The summed E-state index contributed by atoms with van der Waals surface area (Å²) in [5.41, 5.74) is 2.14. The second kappa shape index (κ2) is 9.63. The van der Waals surface area contributed by atoms with Crippen LogP contribution in [0.15, 0.2) is 28.9 Å². The lowest BCUT2D eigenvalue weighted by Crippen LogP contribution is -2.32. The Kier molecular flexibility index (Phi) is 6.46. The zero-order valence-corrected chi connectivity index (χ0v) is 19.3. The third-order valence-electron chi connectivity index (χ3n) is 7.17. The summed E-state index contributed by atoms with van der Waals surface area (Å²) in [5, 5.41) is 5.48. The normalized spacial score (nSPS) is 20.4. The van der Waals surface area contributed by atoms with Gasteiger partial charge in [0.2, 0.25) is 11.7 Å². The smallest absolute Gasteiger partial charge is 0.241 e. The van der Waals surface area contributed by atoms with E-state index in [1.807, 2.05) is 12.1 Å². The monoisotopic (exact) mass is 438 g/mol. The zero-order valence-electron chi connectivity index (χ0n) is 19.3. The van der Waals surface area contributed by atoms with E-state index in [9.17, 15) is 0 Å². The number of rotatable bonds is 8. The number of nitrogens with zero attached hydrogens (tertiary/aromatic N) is 4. The molecule has 3 aromatic rings. The van der Waals surface area contributed by atoms with Crippen LogP contribution >= 0.6 is 0 Å². The fourth-order valence-electron chi connectivity index (χ4n) is 5.55. The number of aromatic nitrogens is 3. The lowest BCUT2D eigenvalue weighted by atomic mass is 9.89. The number of benzene rings is 1. The minimum Gasteiger partial charge on any atom is -0.495 e. The molecule has 0 radical (unpaired) electrons. The molecule has 7 heteroatoms. The van der Waals surface area contributed by atoms with E-state index in [1.54, 1.807) is 14.2 Å². The van der Waals surface area contributed by atoms with Crippen LogP contribution in [0.3, 0.4) is 0 Å². The molecule has 1 aliphatic heterocycles. The summed E-state index contributed by atoms with van der Waals surface area (Å²) in [6.45, 7) is 3.47. The minimum absolute atomic E-state index is 0.428. The Morgan fingerprint density at radius 3 is 2.78 bits per heavy atom. The van der Waals surface area contributed by atoms with Crippen molar-refractivity contribution >= 4 is 10.9 Å². The van der Waals surface area contributed by atoms with Crippen LogP contribution < -0.4 is 4.74 Å². The quantitative estimate of drug-likeness (QED) is 0.499. The summed E-state index contributed by atoms with van der Waals surface area (Å²) < 4.78 is 19.2. The molecule has 2 aliphatic rings. The van der Waals surface area contributed by atoms with E-state index in [1.165, 1.54) is 38.5 Å². The molecule has 2 fully saturated rings. The number of fused-ring (bicyclic) bond motifs is 1. The van der Waals surface area contributed by atoms with E-state index in [2.05, 4.69) is 26.9 Å². The van der Waals surface area contributed by atoms with Gasteiger partial charge in [0, 0.05) is 36.8 Å². The van der Waals surface area contributed by atoms with E-state index < -0.39 is 0 Å². The van der Waals surface area contributed by atoms with Crippen LogP contribution in [0.5, 0.6) is 5.75 Å². The molecule has 0 N–H and O–H groups in total. The minimum atomic E-state index is 0.428. The molecule has 7 nitrogen and oxygen atoms in total. The molecule has 0 amide bonds. The highest BCUT2D eigenvalue weighted by atomic mass is 16.5. The van der Waals surface area contributed by atoms with Crippen molar-refractivity contribution in [3.63, 3.8) is 0 Å². The second-order valence-corrected chi connectivity index (χ2v) is 9.29. The van der Waals surface area contributed by atoms with Gasteiger partial charge in [-0.3, -0.25) is 4.90 Å². The standard InChI is InChI=1S/C25H34N4O3/c1-30-17-19-10-7-13-28(19)16-23-26-25(27-32-23)21-15-29(14-18-8-4-3-5-9-18)24-20(21)11-6-12-22(24)31-2/h6,11-12,15,18-19H,3-5,7-10,13-14,16-17H2,1-2H3/t19-/m1/s1. The van der Waals surface area contributed by atoms with Crippen LogP contribution in [-0.4, -0.2) is 53.0 Å². The molecule has 172 valence electrons. The number of ether oxygens (including phenoxy) is 2. The van der Waals surface area contributed by atoms with Crippen LogP contribution in [0.25, 0.3) is 22.3 Å². The maximum Gasteiger partial charge on any atom is 0.241 e. The predicted molar refractivity (Wildman–Crippen MR) is 124 cm³/mol. The van der Waals surface area contributed by atoms with Gasteiger partial charge in [-0.05, 0) is 44.2 Å². The Hall–Kier alpha value is -2.38. The van der Waals surface area contributed by atoms with Crippen molar-refractivity contribution in [3.8, 4) is 17.1 Å². The van der Waals surface area contributed by atoms with Gasteiger partial charge in [-0.25, -0.2) is 0 Å². The van der Waals surface area contributed by atoms with E-state index >= 15 is 0 Å². The van der Waals surface area contributed by atoms with E-state index in [0.29, 0.717) is 30.2 Å². The lowest BCUT2D eigenvalue weighted by Gasteiger charge is -2.22. The SMILES string of the molecule is COC[C@H]1CCCN1Cc1nc(-c2cn(CC3CCCCC3)c3c(OC)cccc23)no1. The molecule has 1 saturated heterocycles. The Labute approximate surface area is 189 Å². The van der Waals surface area contributed by atoms with Crippen LogP contribution in [0, 0.1) is 5.92 Å². The van der Waals surface area contributed by atoms with Gasteiger partial charge >= 0.3 is 0 Å². The van der Waals surface area contributed by atoms with Gasteiger partial charge in [0.15, 0.2) is 0 Å². The number of hydrogen-bond acceptors (Lipinski definition) is 6. The molecule has 0 bridgehead atoms. The molecule has 2 aromatic heterocycles.